The third-order valence-corrected chi connectivity index (χ3v) is 5.43. The molecule has 0 bridgehead atoms. The van der Waals surface area contributed by atoms with Gasteiger partial charge in [-0.25, -0.2) is 4.68 Å². The van der Waals surface area contributed by atoms with Gasteiger partial charge in [-0.2, -0.15) is 0 Å². The van der Waals surface area contributed by atoms with Gasteiger partial charge in [0.25, 0.3) is 0 Å². The Bertz CT molecular complexity index is 860. The van der Waals surface area contributed by atoms with Crippen molar-refractivity contribution in [2.24, 2.45) is 0 Å². The van der Waals surface area contributed by atoms with Crippen LogP contribution in [0.15, 0.2) is 65.0 Å². The maximum atomic E-state index is 11.9. The summed E-state index contributed by atoms with van der Waals surface area (Å²) in [5.41, 5.74) is 1.89. The second kappa shape index (κ2) is 8.23. The van der Waals surface area contributed by atoms with E-state index in [-0.39, 0.29) is 18.3 Å². The number of carbonyl (C=O) groups excluding carboxylic acids is 1. The number of ether oxygens (including phenoxy) is 1. The normalized spacial score (nSPS) is 10.5. The average Bonchev–Trinajstić information content (AvgIpc) is 3.00. The van der Waals surface area contributed by atoms with E-state index in [4.69, 9.17) is 17.0 Å². The lowest BCUT2D eigenvalue weighted by molar-refractivity contribution is -0.141. The first-order valence-electron chi connectivity index (χ1n) is 7.20. The molecule has 3 rings (SSSR count). The van der Waals surface area contributed by atoms with Gasteiger partial charge in [-0.15, -0.1) is 5.10 Å². The van der Waals surface area contributed by atoms with Crippen molar-refractivity contribution in [2.45, 2.75) is 10.9 Å². The van der Waals surface area contributed by atoms with E-state index in [0.717, 1.165) is 15.6 Å². The number of para-hydroxylation sites is 1. The molecule has 0 unspecified atom stereocenters. The molecule has 0 aliphatic rings. The second-order valence-electron chi connectivity index (χ2n) is 4.82. The summed E-state index contributed by atoms with van der Waals surface area (Å²) in [5, 5.41) is 4.46. The Morgan fingerprint density at radius 1 is 1.12 bits per heavy atom. The predicted octanol–water partition coefficient (Wildman–Crippen LogP) is 4.50. The molecular weight excluding hydrogens is 360 g/mol. The first-order chi connectivity index (χ1) is 11.7. The molecule has 0 radical (unpaired) electrons. The van der Waals surface area contributed by atoms with Crippen LogP contribution in [0.5, 0.6) is 0 Å². The fraction of sp³-hybridized carbons (Fsp3) is 0.118. The number of hydrogen-bond donors (Lipinski definition) is 0. The minimum absolute atomic E-state index is 0.212. The number of thioether (sulfide) groups is 1. The van der Waals surface area contributed by atoms with Crippen molar-refractivity contribution in [2.75, 3.05) is 5.75 Å². The molecule has 2 aromatic carbocycles. The highest BCUT2D eigenvalue weighted by molar-refractivity contribution is 8.01. The highest BCUT2D eigenvalue weighted by Crippen LogP contribution is 2.24. The Morgan fingerprint density at radius 3 is 2.50 bits per heavy atom. The van der Waals surface area contributed by atoms with Crippen LogP contribution in [0.4, 0.5) is 0 Å². The van der Waals surface area contributed by atoms with Gasteiger partial charge in [0.15, 0.2) is 8.29 Å². The lowest BCUT2D eigenvalue weighted by Gasteiger charge is -2.03. The van der Waals surface area contributed by atoms with Crippen LogP contribution in [0.1, 0.15) is 5.56 Å². The Hall–Kier alpha value is -1.96. The first-order valence-corrected chi connectivity index (χ1v) is 9.41. The van der Waals surface area contributed by atoms with E-state index in [9.17, 15) is 4.79 Å². The number of benzene rings is 2. The minimum Gasteiger partial charge on any atom is -0.460 e. The van der Waals surface area contributed by atoms with Gasteiger partial charge in [0.1, 0.15) is 6.61 Å². The first kappa shape index (κ1) is 16.9. The zero-order valence-electron chi connectivity index (χ0n) is 12.6. The minimum atomic E-state index is -0.267. The molecule has 1 aromatic heterocycles. The molecular formula is C17H14N2O2S3. The monoisotopic (exact) mass is 374 g/mol. The molecule has 0 aliphatic heterocycles. The van der Waals surface area contributed by atoms with Gasteiger partial charge >= 0.3 is 5.97 Å². The summed E-state index contributed by atoms with van der Waals surface area (Å²) < 4.78 is 8.37. The molecule has 1 heterocycles. The zero-order chi connectivity index (χ0) is 16.8. The van der Waals surface area contributed by atoms with E-state index in [1.807, 2.05) is 60.7 Å². The van der Waals surface area contributed by atoms with E-state index < -0.39 is 0 Å². The number of esters is 1. The molecule has 0 aliphatic carbocycles. The van der Waals surface area contributed by atoms with Gasteiger partial charge < -0.3 is 4.74 Å². The van der Waals surface area contributed by atoms with Crippen LogP contribution in [0.25, 0.3) is 5.69 Å². The number of carbonyl (C=O) groups is 1. The highest BCUT2D eigenvalue weighted by atomic mass is 32.2. The fourth-order valence-electron chi connectivity index (χ4n) is 1.95. The molecule has 4 nitrogen and oxygen atoms in total. The van der Waals surface area contributed by atoms with Crippen LogP contribution in [0.2, 0.25) is 0 Å². The van der Waals surface area contributed by atoms with Gasteiger partial charge in [-0.1, -0.05) is 71.6 Å². The molecule has 0 fully saturated rings. The van der Waals surface area contributed by atoms with Gasteiger partial charge in [0, 0.05) is 0 Å². The number of hydrogen-bond acceptors (Lipinski definition) is 6. The fourth-order valence-corrected chi connectivity index (χ4v) is 4.11. The maximum absolute atomic E-state index is 11.9. The quantitative estimate of drug-likeness (QED) is 0.361. The summed E-state index contributed by atoms with van der Waals surface area (Å²) in [5.74, 6) is -0.0552. The summed E-state index contributed by atoms with van der Waals surface area (Å²) in [6.07, 6.45) is 0. The summed E-state index contributed by atoms with van der Waals surface area (Å²) in [7, 11) is 0. The lowest BCUT2D eigenvalue weighted by Crippen LogP contribution is -2.07. The Labute approximate surface area is 153 Å². The van der Waals surface area contributed by atoms with E-state index in [2.05, 4.69) is 5.10 Å². The van der Waals surface area contributed by atoms with Crippen molar-refractivity contribution in [3.8, 4) is 5.69 Å². The third-order valence-electron chi connectivity index (χ3n) is 3.09. The van der Waals surface area contributed by atoms with Gasteiger partial charge in [-0.05, 0) is 29.9 Å². The molecule has 0 saturated heterocycles. The molecule has 3 aromatic rings. The van der Waals surface area contributed by atoms with Gasteiger partial charge in [-0.3, -0.25) is 4.79 Å². The van der Waals surface area contributed by atoms with Crippen LogP contribution >= 0.6 is 35.3 Å². The summed E-state index contributed by atoms with van der Waals surface area (Å²) >= 11 is 8.07. The molecule has 0 N–H and O–H groups in total. The Kier molecular flexibility index (Phi) is 5.79. The van der Waals surface area contributed by atoms with Gasteiger partial charge in [0.05, 0.1) is 11.4 Å². The molecule has 0 saturated carbocycles. The molecule has 0 spiro atoms. The van der Waals surface area contributed by atoms with Crippen LogP contribution in [-0.2, 0) is 16.1 Å². The van der Waals surface area contributed by atoms with Crippen LogP contribution < -0.4 is 0 Å². The van der Waals surface area contributed by atoms with E-state index in [0.29, 0.717) is 3.95 Å². The van der Waals surface area contributed by atoms with Crippen molar-refractivity contribution in [3.63, 3.8) is 0 Å². The standard InChI is InChI=1S/C17H14N2O2S3/c20-15(21-11-13-7-3-1-4-8-13)12-23-16-18-19(17(22)24-16)14-9-5-2-6-10-14/h1-10H,11-12H2. The van der Waals surface area contributed by atoms with Crippen LogP contribution in [0, 0.1) is 3.95 Å². The number of rotatable bonds is 6. The zero-order valence-corrected chi connectivity index (χ0v) is 15.1. The number of aromatic nitrogens is 2. The molecule has 122 valence electrons. The summed E-state index contributed by atoms with van der Waals surface area (Å²) in [6, 6.07) is 19.3. The molecule has 0 atom stereocenters. The summed E-state index contributed by atoms with van der Waals surface area (Å²) in [4.78, 5) is 11.9. The van der Waals surface area contributed by atoms with E-state index in [1.54, 1.807) is 4.68 Å². The second-order valence-corrected chi connectivity index (χ2v) is 7.66. The van der Waals surface area contributed by atoms with Crippen molar-refractivity contribution >= 4 is 41.3 Å². The van der Waals surface area contributed by atoms with Crippen molar-refractivity contribution in [1.82, 2.24) is 9.78 Å². The lowest BCUT2D eigenvalue weighted by atomic mass is 10.2. The predicted molar refractivity (Wildman–Crippen MR) is 99.2 cm³/mol. The maximum Gasteiger partial charge on any atom is 0.316 e. The highest BCUT2D eigenvalue weighted by Gasteiger charge is 2.10. The topological polar surface area (TPSA) is 44.1 Å². The van der Waals surface area contributed by atoms with Crippen LogP contribution in [-0.4, -0.2) is 21.5 Å². The van der Waals surface area contributed by atoms with E-state index in [1.165, 1.54) is 23.1 Å². The van der Waals surface area contributed by atoms with Crippen molar-refractivity contribution in [1.29, 1.82) is 0 Å². The van der Waals surface area contributed by atoms with Crippen LogP contribution in [0.3, 0.4) is 0 Å². The van der Waals surface area contributed by atoms with Crippen molar-refractivity contribution < 1.29 is 9.53 Å². The SMILES string of the molecule is O=C(CSc1nn(-c2ccccc2)c(=S)s1)OCc1ccccc1. The average molecular weight is 375 g/mol. The van der Waals surface area contributed by atoms with E-state index >= 15 is 0 Å². The third kappa shape index (κ3) is 4.53. The van der Waals surface area contributed by atoms with Gasteiger partial charge in [0.2, 0.25) is 0 Å². The Morgan fingerprint density at radius 2 is 1.79 bits per heavy atom. The largest absolute Gasteiger partial charge is 0.460 e. The molecule has 0 amide bonds. The number of nitrogens with zero attached hydrogens (tertiary/aromatic N) is 2. The molecule has 7 heteroatoms. The smallest absolute Gasteiger partial charge is 0.316 e. The Balaban J connectivity index is 1.55. The summed E-state index contributed by atoms with van der Waals surface area (Å²) in [6.45, 7) is 0.286. The molecule has 24 heavy (non-hydrogen) atoms. The van der Waals surface area contributed by atoms with Crippen molar-refractivity contribution in [3.05, 3.63) is 70.2 Å².